The van der Waals surface area contributed by atoms with Crippen molar-refractivity contribution in [1.29, 1.82) is 0 Å². The summed E-state index contributed by atoms with van der Waals surface area (Å²) in [5.74, 6) is -0.0311. The fourth-order valence-electron chi connectivity index (χ4n) is 4.35. The second-order valence-electron chi connectivity index (χ2n) is 8.76. The average Bonchev–Trinajstić information content (AvgIpc) is 3.37. The summed E-state index contributed by atoms with van der Waals surface area (Å²) in [6.07, 6.45) is 1.94. The molecular weight excluding hydrogens is 528 g/mol. The summed E-state index contributed by atoms with van der Waals surface area (Å²) in [4.78, 5) is 32.1. The summed E-state index contributed by atoms with van der Waals surface area (Å²) < 4.78 is 1.77. The summed E-state index contributed by atoms with van der Waals surface area (Å²) >= 11 is 2.86. The van der Waals surface area contributed by atoms with Gasteiger partial charge >= 0.3 is 0 Å². The molecule has 1 aromatic heterocycles. The lowest BCUT2D eigenvalue weighted by atomic mass is 9.97. The number of non-ortho nitro benzene ring substituents is 1. The largest absolute Gasteiger partial charge is 0.325 e. The molecule has 6 rings (SSSR count). The van der Waals surface area contributed by atoms with Crippen molar-refractivity contribution in [2.24, 2.45) is 4.99 Å². The minimum absolute atomic E-state index is 0.0222. The van der Waals surface area contributed by atoms with E-state index in [-0.39, 0.29) is 17.3 Å². The van der Waals surface area contributed by atoms with Crippen LogP contribution >= 0.6 is 23.1 Å². The third kappa shape index (κ3) is 5.36. The zero-order chi connectivity index (χ0) is 26.8. The maximum absolute atomic E-state index is 12.4. The first kappa shape index (κ1) is 24.7. The van der Waals surface area contributed by atoms with Crippen LogP contribution in [0, 0.1) is 10.1 Å². The van der Waals surface area contributed by atoms with Crippen molar-refractivity contribution in [3.63, 3.8) is 0 Å². The van der Waals surface area contributed by atoms with Gasteiger partial charge in [-0.05, 0) is 57.9 Å². The normalized spacial score (nSPS) is 11.5. The number of carbonyl (C=O) groups excluding carboxylic acids is 1. The topological polar surface area (TPSA) is 97.5 Å². The average molecular weight is 549 g/mol. The van der Waals surface area contributed by atoms with Crippen molar-refractivity contribution in [1.82, 2.24) is 4.98 Å². The molecule has 1 N–H and O–H groups in total. The molecule has 190 valence electrons. The molecule has 1 heterocycles. The van der Waals surface area contributed by atoms with Gasteiger partial charge in [-0.15, -0.1) is 11.3 Å². The van der Waals surface area contributed by atoms with E-state index in [4.69, 9.17) is 4.99 Å². The van der Waals surface area contributed by atoms with Gasteiger partial charge in [0, 0.05) is 29.6 Å². The molecule has 0 unspecified atom stereocenters. The van der Waals surface area contributed by atoms with Crippen LogP contribution in [0.4, 0.5) is 17.1 Å². The number of anilines is 1. The van der Waals surface area contributed by atoms with Crippen molar-refractivity contribution in [3.05, 3.63) is 113 Å². The first-order valence-electron chi connectivity index (χ1n) is 12.1. The lowest BCUT2D eigenvalue weighted by molar-refractivity contribution is -0.384. The molecule has 0 saturated heterocycles. The zero-order valence-electron chi connectivity index (χ0n) is 20.4. The van der Waals surface area contributed by atoms with Gasteiger partial charge in [-0.1, -0.05) is 60.3 Å². The van der Waals surface area contributed by atoms with Crippen LogP contribution in [0.2, 0.25) is 0 Å². The molecule has 5 aromatic carbocycles. The Morgan fingerprint density at radius 1 is 0.949 bits per heavy atom. The molecule has 9 heteroatoms. The maximum Gasteiger partial charge on any atom is 0.269 e. The van der Waals surface area contributed by atoms with Gasteiger partial charge in [0.05, 0.1) is 26.6 Å². The van der Waals surface area contributed by atoms with E-state index in [1.807, 2.05) is 48.7 Å². The standard InChI is InChI=1S/C30H20N4O3S2/c35-29(32-21-9-12-23(13-10-21)34(36)37)18-38-30-33-27-14-11-22(16-28(27)39-30)31-17-26-24-7-3-1-5-19(24)15-20-6-2-4-8-25(20)26/h1-17H,18H2,(H,32,35). The molecule has 0 aliphatic rings. The predicted molar refractivity (Wildman–Crippen MR) is 161 cm³/mol. The number of hydrogen-bond donors (Lipinski definition) is 1. The number of thioether (sulfide) groups is 1. The number of benzene rings is 5. The number of thiazole rings is 1. The van der Waals surface area contributed by atoms with E-state index in [0.29, 0.717) is 5.69 Å². The molecule has 0 fully saturated rings. The van der Waals surface area contributed by atoms with Gasteiger partial charge in [-0.2, -0.15) is 0 Å². The lowest BCUT2D eigenvalue weighted by Gasteiger charge is -2.07. The molecule has 0 bridgehead atoms. The second-order valence-corrected chi connectivity index (χ2v) is 11.0. The second kappa shape index (κ2) is 10.6. The van der Waals surface area contributed by atoms with Gasteiger partial charge in [0.15, 0.2) is 4.34 Å². The van der Waals surface area contributed by atoms with E-state index in [0.717, 1.165) is 36.6 Å². The first-order valence-corrected chi connectivity index (χ1v) is 13.9. The van der Waals surface area contributed by atoms with E-state index in [9.17, 15) is 14.9 Å². The number of amides is 1. The maximum atomic E-state index is 12.4. The number of nitro groups is 1. The molecule has 39 heavy (non-hydrogen) atoms. The zero-order valence-corrected chi connectivity index (χ0v) is 22.0. The molecule has 0 radical (unpaired) electrons. The van der Waals surface area contributed by atoms with Crippen LogP contribution in [0.5, 0.6) is 0 Å². The number of aliphatic imine (C=N–C) groups is 1. The predicted octanol–water partition coefficient (Wildman–Crippen LogP) is 7.99. The number of nitrogens with zero attached hydrogens (tertiary/aromatic N) is 3. The van der Waals surface area contributed by atoms with Gasteiger partial charge in [-0.3, -0.25) is 19.9 Å². The molecular formula is C30H20N4O3S2. The van der Waals surface area contributed by atoms with Crippen molar-refractivity contribution in [2.75, 3.05) is 11.1 Å². The summed E-state index contributed by atoms with van der Waals surface area (Å²) in [7, 11) is 0. The molecule has 0 saturated carbocycles. The molecule has 0 aliphatic heterocycles. The highest BCUT2D eigenvalue weighted by Crippen LogP contribution is 2.33. The number of rotatable bonds is 7. The number of aromatic nitrogens is 1. The smallest absolute Gasteiger partial charge is 0.269 e. The highest BCUT2D eigenvalue weighted by atomic mass is 32.2. The Hall–Kier alpha value is -4.60. The molecule has 1 amide bonds. The van der Waals surface area contributed by atoms with Gasteiger partial charge in [0.1, 0.15) is 0 Å². The van der Waals surface area contributed by atoms with Crippen LogP contribution < -0.4 is 5.32 Å². The fraction of sp³-hybridized carbons (Fsp3) is 0.0333. The quantitative estimate of drug-likeness (QED) is 0.0717. The molecule has 0 aliphatic carbocycles. The van der Waals surface area contributed by atoms with Crippen LogP contribution in [0.25, 0.3) is 31.8 Å². The number of hydrogen-bond acceptors (Lipinski definition) is 7. The fourth-order valence-corrected chi connectivity index (χ4v) is 6.25. The van der Waals surface area contributed by atoms with Crippen molar-refractivity contribution in [2.45, 2.75) is 4.34 Å². The highest BCUT2D eigenvalue weighted by Gasteiger charge is 2.11. The Morgan fingerprint density at radius 2 is 1.64 bits per heavy atom. The molecule has 0 atom stereocenters. The summed E-state index contributed by atoms with van der Waals surface area (Å²) in [5, 5.41) is 18.2. The molecule has 7 nitrogen and oxygen atoms in total. The van der Waals surface area contributed by atoms with E-state index >= 15 is 0 Å². The Balaban J connectivity index is 1.18. The molecule has 0 spiro atoms. The third-order valence-electron chi connectivity index (χ3n) is 6.20. The van der Waals surface area contributed by atoms with E-state index in [1.54, 1.807) is 0 Å². The Kier molecular flexibility index (Phi) is 6.75. The van der Waals surface area contributed by atoms with E-state index < -0.39 is 4.92 Å². The van der Waals surface area contributed by atoms with Gasteiger partial charge in [-0.25, -0.2) is 4.98 Å². The minimum Gasteiger partial charge on any atom is -0.325 e. The van der Waals surface area contributed by atoms with Gasteiger partial charge in [0.2, 0.25) is 5.91 Å². The first-order chi connectivity index (χ1) is 19.0. The van der Waals surface area contributed by atoms with E-state index in [1.165, 1.54) is 58.1 Å². The lowest BCUT2D eigenvalue weighted by Crippen LogP contribution is -2.13. The summed E-state index contributed by atoms with van der Waals surface area (Å²) in [6, 6.07) is 30.5. The minimum atomic E-state index is -0.475. The number of carbonyl (C=O) groups is 1. The Labute approximate surface area is 231 Å². The summed E-state index contributed by atoms with van der Waals surface area (Å²) in [6.45, 7) is 0. The molecule has 6 aromatic rings. The van der Waals surface area contributed by atoms with Gasteiger partial charge < -0.3 is 5.32 Å². The highest BCUT2D eigenvalue weighted by molar-refractivity contribution is 8.01. The Morgan fingerprint density at radius 3 is 2.33 bits per heavy atom. The van der Waals surface area contributed by atoms with Crippen LogP contribution in [0.1, 0.15) is 5.56 Å². The van der Waals surface area contributed by atoms with Crippen molar-refractivity contribution >= 4 is 84.0 Å². The van der Waals surface area contributed by atoms with Crippen molar-refractivity contribution in [3.8, 4) is 0 Å². The third-order valence-corrected chi connectivity index (χ3v) is 8.36. The monoisotopic (exact) mass is 548 g/mol. The number of nitro benzene ring substituents is 1. The van der Waals surface area contributed by atoms with Crippen LogP contribution in [-0.4, -0.2) is 27.8 Å². The van der Waals surface area contributed by atoms with Crippen LogP contribution in [0.15, 0.2) is 106 Å². The summed E-state index contributed by atoms with van der Waals surface area (Å²) in [5.41, 5.74) is 3.26. The van der Waals surface area contributed by atoms with Crippen LogP contribution in [0.3, 0.4) is 0 Å². The SMILES string of the molecule is O=C(CSc1nc2ccc(N=Cc3c4ccccc4cc4ccccc34)cc2s1)Nc1ccc([N+](=O)[O-])cc1. The van der Waals surface area contributed by atoms with Crippen LogP contribution in [-0.2, 0) is 4.79 Å². The number of nitrogens with one attached hydrogen (secondary N) is 1. The van der Waals surface area contributed by atoms with E-state index in [2.05, 4.69) is 40.6 Å². The van der Waals surface area contributed by atoms with Crippen molar-refractivity contribution < 1.29 is 9.72 Å². The number of fused-ring (bicyclic) bond motifs is 3. The van der Waals surface area contributed by atoms with Gasteiger partial charge in [0.25, 0.3) is 5.69 Å². The Bertz CT molecular complexity index is 1840.